The van der Waals surface area contributed by atoms with Crippen molar-refractivity contribution in [2.75, 3.05) is 25.6 Å². The van der Waals surface area contributed by atoms with Crippen molar-refractivity contribution in [1.82, 2.24) is 4.90 Å². The van der Waals surface area contributed by atoms with Crippen LogP contribution in [0.5, 0.6) is 11.5 Å². The van der Waals surface area contributed by atoms with Crippen LogP contribution in [0, 0.1) is 0 Å². The van der Waals surface area contributed by atoms with Crippen LogP contribution < -0.4 is 15.2 Å². The minimum Gasteiger partial charge on any atom is -0.454 e. The third-order valence-corrected chi connectivity index (χ3v) is 5.55. The van der Waals surface area contributed by atoms with E-state index in [9.17, 15) is 0 Å². The Kier molecular flexibility index (Phi) is 3.04. The standard InChI is InChI=1S/C20H22N2O2/c1-2-6-22-7-5-13-8-14(21)10-15-18(13)16(22)9-12-3-4-17-20(19(12)15)24-11-23-17/h3-4,8,10,16H,2,5-7,9,11,21H2,1H3/t16-/m1/s1. The van der Waals surface area contributed by atoms with Crippen LogP contribution in [0.2, 0.25) is 0 Å². The molecule has 2 aromatic rings. The van der Waals surface area contributed by atoms with Crippen LogP contribution >= 0.6 is 0 Å². The minimum atomic E-state index is 0.307. The molecule has 1 atom stereocenters. The summed E-state index contributed by atoms with van der Waals surface area (Å²) in [6.07, 6.45) is 3.30. The largest absolute Gasteiger partial charge is 0.454 e. The second kappa shape index (κ2) is 5.15. The first-order chi connectivity index (χ1) is 11.8. The van der Waals surface area contributed by atoms with Crippen molar-refractivity contribution >= 4 is 5.69 Å². The zero-order valence-electron chi connectivity index (χ0n) is 14.0. The zero-order valence-corrected chi connectivity index (χ0v) is 14.0. The van der Waals surface area contributed by atoms with Crippen molar-refractivity contribution in [2.45, 2.75) is 32.2 Å². The van der Waals surface area contributed by atoms with Crippen LogP contribution in [0.3, 0.4) is 0 Å². The maximum atomic E-state index is 6.24. The minimum absolute atomic E-state index is 0.307. The van der Waals surface area contributed by atoms with Crippen LogP contribution in [0.4, 0.5) is 5.69 Å². The maximum absolute atomic E-state index is 6.24. The molecule has 0 saturated heterocycles. The Morgan fingerprint density at radius 1 is 1.21 bits per heavy atom. The van der Waals surface area contributed by atoms with Crippen LogP contribution in [-0.4, -0.2) is 24.8 Å². The van der Waals surface area contributed by atoms with Gasteiger partial charge in [-0.15, -0.1) is 0 Å². The Hall–Kier alpha value is -2.20. The van der Waals surface area contributed by atoms with E-state index < -0.39 is 0 Å². The van der Waals surface area contributed by atoms with Crippen molar-refractivity contribution in [1.29, 1.82) is 0 Å². The first-order valence-corrected chi connectivity index (χ1v) is 8.84. The van der Waals surface area contributed by atoms with Gasteiger partial charge in [0.1, 0.15) is 0 Å². The molecule has 5 rings (SSSR count). The van der Waals surface area contributed by atoms with E-state index in [0.717, 1.165) is 43.1 Å². The van der Waals surface area contributed by atoms with Gasteiger partial charge in [0.15, 0.2) is 11.5 Å². The fourth-order valence-corrected chi connectivity index (χ4v) is 4.62. The van der Waals surface area contributed by atoms with Gasteiger partial charge in [-0.1, -0.05) is 13.0 Å². The Morgan fingerprint density at radius 3 is 3.00 bits per heavy atom. The number of ether oxygens (including phenoxy) is 2. The fraction of sp³-hybridized carbons (Fsp3) is 0.400. The Bertz CT molecular complexity index is 831. The van der Waals surface area contributed by atoms with E-state index in [2.05, 4.69) is 30.0 Å². The van der Waals surface area contributed by atoms with Crippen molar-refractivity contribution in [3.63, 3.8) is 0 Å². The third-order valence-electron chi connectivity index (χ3n) is 5.55. The predicted octanol–water partition coefficient (Wildman–Crippen LogP) is 3.53. The lowest BCUT2D eigenvalue weighted by Gasteiger charge is -2.42. The van der Waals surface area contributed by atoms with Gasteiger partial charge in [-0.25, -0.2) is 0 Å². The molecule has 124 valence electrons. The second-order valence-corrected chi connectivity index (χ2v) is 6.98. The number of rotatable bonds is 2. The summed E-state index contributed by atoms with van der Waals surface area (Å²) in [6, 6.07) is 9.00. The molecule has 0 bridgehead atoms. The molecule has 1 aliphatic carbocycles. The maximum Gasteiger partial charge on any atom is 0.231 e. The van der Waals surface area contributed by atoms with E-state index in [1.807, 2.05) is 6.07 Å². The van der Waals surface area contributed by atoms with Gasteiger partial charge >= 0.3 is 0 Å². The normalized spacial score (nSPS) is 20.6. The summed E-state index contributed by atoms with van der Waals surface area (Å²) in [7, 11) is 0. The highest BCUT2D eigenvalue weighted by molar-refractivity contribution is 5.85. The monoisotopic (exact) mass is 322 g/mol. The number of fused-ring (bicyclic) bond motifs is 4. The SMILES string of the molecule is CCCN1CCc2cc(N)cc3c2[C@H]1Cc1ccc2c(c1-3)OCO2. The van der Waals surface area contributed by atoms with Crippen molar-refractivity contribution in [2.24, 2.45) is 0 Å². The van der Waals surface area contributed by atoms with Gasteiger partial charge in [-0.3, -0.25) is 4.90 Å². The van der Waals surface area contributed by atoms with E-state index in [4.69, 9.17) is 15.2 Å². The molecule has 0 unspecified atom stereocenters. The van der Waals surface area contributed by atoms with Gasteiger partial charge in [0.2, 0.25) is 6.79 Å². The van der Waals surface area contributed by atoms with Gasteiger partial charge in [-0.2, -0.15) is 0 Å². The van der Waals surface area contributed by atoms with Crippen molar-refractivity contribution in [3.8, 4) is 22.6 Å². The topological polar surface area (TPSA) is 47.7 Å². The van der Waals surface area contributed by atoms with Crippen LogP contribution in [0.15, 0.2) is 24.3 Å². The zero-order chi connectivity index (χ0) is 16.3. The molecule has 0 saturated carbocycles. The smallest absolute Gasteiger partial charge is 0.231 e. The summed E-state index contributed by atoms with van der Waals surface area (Å²) in [6.45, 7) is 4.83. The molecular weight excluding hydrogens is 300 g/mol. The predicted molar refractivity (Wildman–Crippen MR) is 94.4 cm³/mol. The number of nitrogens with zero attached hydrogens (tertiary/aromatic N) is 1. The average molecular weight is 322 g/mol. The summed E-state index contributed by atoms with van der Waals surface area (Å²) < 4.78 is 11.4. The number of anilines is 1. The fourth-order valence-electron chi connectivity index (χ4n) is 4.62. The van der Waals surface area contributed by atoms with Gasteiger partial charge in [0, 0.05) is 23.8 Å². The van der Waals surface area contributed by atoms with E-state index in [1.165, 1.54) is 34.2 Å². The molecule has 0 amide bonds. The van der Waals surface area contributed by atoms with E-state index in [1.54, 1.807) is 0 Å². The Morgan fingerprint density at radius 2 is 2.12 bits per heavy atom. The van der Waals surface area contributed by atoms with Crippen molar-refractivity contribution in [3.05, 3.63) is 41.0 Å². The summed E-state index contributed by atoms with van der Waals surface area (Å²) >= 11 is 0. The lowest BCUT2D eigenvalue weighted by Crippen LogP contribution is -2.39. The molecule has 4 heteroatoms. The highest BCUT2D eigenvalue weighted by Crippen LogP contribution is 2.52. The lowest BCUT2D eigenvalue weighted by atomic mass is 9.76. The summed E-state index contributed by atoms with van der Waals surface area (Å²) in [4.78, 5) is 2.63. The van der Waals surface area contributed by atoms with E-state index in [0.29, 0.717) is 12.8 Å². The Balaban J connectivity index is 1.76. The summed E-state index contributed by atoms with van der Waals surface area (Å²) in [5.41, 5.74) is 13.7. The van der Waals surface area contributed by atoms with Gasteiger partial charge < -0.3 is 15.2 Å². The third kappa shape index (κ3) is 1.89. The second-order valence-electron chi connectivity index (χ2n) is 6.98. The van der Waals surface area contributed by atoms with Crippen LogP contribution in [0.1, 0.15) is 36.1 Å². The Labute approximate surface area is 142 Å². The molecule has 24 heavy (non-hydrogen) atoms. The van der Waals surface area contributed by atoms with Gasteiger partial charge in [-0.05, 0) is 66.3 Å². The number of hydrogen-bond donors (Lipinski definition) is 1. The summed E-state index contributed by atoms with van der Waals surface area (Å²) in [5, 5.41) is 0. The van der Waals surface area contributed by atoms with Gasteiger partial charge in [0.05, 0.1) is 0 Å². The quantitative estimate of drug-likeness (QED) is 0.859. The highest BCUT2D eigenvalue weighted by Gasteiger charge is 2.37. The molecule has 2 heterocycles. The molecule has 3 aliphatic rings. The van der Waals surface area contributed by atoms with Crippen LogP contribution in [0.25, 0.3) is 11.1 Å². The molecule has 2 N–H and O–H groups in total. The van der Waals surface area contributed by atoms with Crippen LogP contribution in [-0.2, 0) is 12.8 Å². The number of nitrogen functional groups attached to an aromatic ring is 1. The first kappa shape index (κ1) is 14.2. The number of hydrogen-bond acceptors (Lipinski definition) is 4. The number of nitrogens with two attached hydrogens (primary N) is 1. The molecule has 2 aromatic carbocycles. The molecule has 0 radical (unpaired) electrons. The number of benzene rings is 2. The van der Waals surface area contributed by atoms with Gasteiger partial charge in [0.25, 0.3) is 0 Å². The molecule has 0 spiro atoms. The summed E-state index contributed by atoms with van der Waals surface area (Å²) in [5.74, 6) is 1.75. The average Bonchev–Trinajstić information content (AvgIpc) is 3.05. The molecular formula is C20H22N2O2. The molecule has 2 aliphatic heterocycles. The molecule has 0 fully saturated rings. The van der Waals surface area contributed by atoms with Crippen molar-refractivity contribution < 1.29 is 9.47 Å². The highest BCUT2D eigenvalue weighted by atomic mass is 16.7. The first-order valence-electron chi connectivity index (χ1n) is 8.84. The van der Waals surface area contributed by atoms with E-state index >= 15 is 0 Å². The lowest BCUT2D eigenvalue weighted by molar-refractivity contribution is 0.173. The molecule has 0 aromatic heterocycles. The molecule has 4 nitrogen and oxygen atoms in total. The van der Waals surface area contributed by atoms with E-state index in [-0.39, 0.29) is 0 Å².